The molecule has 17 heavy (non-hydrogen) atoms. The van der Waals surface area contributed by atoms with Crippen LogP contribution in [0.15, 0.2) is 29.6 Å². The Hall–Kier alpha value is -0.570. The van der Waals surface area contributed by atoms with E-state index in [1.54, 1.807) is 11.3 Å². The molecule has 0 aliphatic carbocycles. The number of alkyl halides is 1. The van der Waals surface area contributed by atoms with Crippen molar-refractivity contribution >= 4 is 33.0 Å². The maximum absolute atomic E-state index is 6.61. The van der Waals surface area contributed by atoms with Crippen molar-refractivity contribution < 1.29 is 4.74 Å². The van der Waals surface area contributed by atoms with Crippen LogP contribution in [0.25, 0.3) is 10.1 Å². The predicted octanol–water partition coefficient (Wildman–Crippen LogP) is 4.61. The van der Waals surface area contributed by atoms with Crippen molar-refractivity contribution in [2.45, 2.75) is 24.8 Å². The first-order valence-corrected chi connectivity index (χ1v) is 7.31. The Morgan fingerprint density at radius 2 is 2.24 bits per heavy atom. The Kier molecular flexibility index (Phi) is 3.12. The van der Waals surface area contributed by atoms with Crippen molar-refractivity contribution in [3.8, 4) is 0 Å². The molecule has 1 aliphatic heterocycles. The Morgan fingerprint density at radius 1 is 1.41 bits per heavy atom. The fraction of sp³-hybridized carbons (Fsp3) is 0.429. The van der Waals surface area contributed by atoms with Gasteiger partial charge < -0.3 is 4.74 Å². The molecule has 0 N–H and O–H groups in total. The molecule has 1 aromatic carbocycles. The van der Waals surface area contributed by atoms with E-state index in [9.17, 15) is 0 Å². The number of rotatable bonds is 2. The first-order chi connectivity index (χ1) is 8.27. The molecule has 1 fully saturated rings. The maximum atomic E-state index is 6.61. The monoisotopic (exact) mass is 266 g/mol. The van der Waals surface area contributed by atoms with E-state index in [0.717, 1.165) is 13.0 Å². The zero-order valence-corrected chi connectivity index (χ0v) is 11.3. The minimum Gasteiger partial charge on any atom is -0.376 e. The van der Waals surface area contributed by atoms with Gasteiger partial charge in [-0.2, -0.15) is 0 Å². The third-order valence-electron chi connectivity index (χ3n) is 3.54. The van der Waals surface area contributed by atoms with Crippen molar-refractivity contribution in [2.24, 2.45) is 5.92 Å². The topological polar surface area (TPSA) is 9.23 Å². The molecule has 1 nitrogen and oxygen atoms in total. The summed E-state index contributed by atoms with van der Waals surface area (Å²) < 4.78 is 7.08. The zero-order valence-electron chi connectivity index (χ0n) is 9.73. The standard InChI is InChI=1S/C14H15ClOS/c1-9-6-7-16-14(9)13(15)11-8-17-12-5-3-2-4-10(11)12/h2-5,8-9,13-14H,6-7H2,1H3. The second kappa shape index (κ2) is 4.60. The van der Waals surface area contributed by atoms with Gasteiger partial charge in [-0.25, -0.2) is 0 Å². The molecular formula is C14H15ClOS. The van der Waals surface area contributed by atoms with Crippen LogP contribution < -0.4 is 0 Å². The van der Waals surface area contributed by atoms with E-state index >= 15 is 0 Å². The highest BCUT2D eigenvalue weighted by Crippen LogP contribution is 2.40. The smallest absolute Gasteiger partial charge is 0.0863 e. The van der Waals surface area contributed by atoms with Gasteiger partial charge in [0.2, 0.25) is 0 Å². The van der Waals surface area contributed by atoms with Crippen LogP contribution in [0.5, 0.6) is 0 Å². The third kappa shape index (κ3) is 1.99. The molecule has 1 aliphatic rings. The fourth-order valence-corrected chi connectivity index (χ4v) is 4.05. The van der Waals surface area contributed by atoms with E-state index < -0.39 is 0 Å². The van der Waals surface area contributed by atoms with Gasteiger partial charge in [-0.3, -0.25) is 0 Å². The molecule has 3 rings (SSSR count). The number of benzene rings is 1. The minimum atomic E-state index is -0.0244. The molecule has 3 unspecified atom stereocenters. The van der Waals surface area contributed by atoms with Crippen LogP contribution in [0.2, 0.25) is 0 Å². The zero-order chi connectivity index (χ0) is 11.8. The van der Waals surface area contributed by atoms with Crippen LogP contribution in [0.4, 0.5) is 0 Å². The van der Waals surface area contributed by atoms with Gasteiger partial charge in [-0.15, -0.1) is 22.9 Å². The highest BCUT2D eigenvalue weighted by Gasteiger charge is 2.32. The Morgan fingerprint density at radius 3 is 3.00 bits per heavy atom. The lowest BCUT2D eigenvalue weighted by Crippen LogP contribution is -2.19. The maximum Gasteiger partial charge on any atom is 0.0863 e. The summed E-state index contributed by atoms with van der Waals surface area (Å²) in [5.74, 6) is 0.552. The van der Waals surface area contributed by atoms with Gasteiger partial charge in [-0.1, -0.05) is 25.1 Å². The van der Waals surface area contributed by atoms with Crippen molar-refractivity contribution in [3.63, 3.8) is 0 Å². The molecule has 0 spiro atoms. The molecule has 3 atom stereocenters. The van der Waals surface area contributed by atoms with Crippen molar-refractivity contribution in [2.75, 3.05) is 6.61 Å². The van der Waals surface area contributed by atoms with Crippen LogP contribution in [0.3, 0.4) is 0 Å². The molecule has 0 bridgehead atoms. The summed E-state index contributed by atoms with van der Waals surface area (Å²) in [6.45, 7) is 3.07. The summed E-state index contributed by atoms with van der Waals surface area (Å²) in [7, 11) is 0. The highest BCUT2D eigenvalue weighted by atomic mass is 35.5. The molecule has 0 amide bonds. The minimum absolute atomic E-state index is 0.0244. The molecular weight excluding hydrogens is 252 g/mol. The van der Waals surface area contributed by atoms with Gasteiger partial charge >= 0.3 is 0 Å². The lowest BCUT2D eigenvalue weighted by molar-refractivity contribution is 0.0907. The SMILES string of the molecule is CC1CCOC1C(Cl)c1csc2ccccc12. The van der Waals surface area contributed by atoms with Crippen LogP contribution in [-0.4, -0.2) is 12.7 Å². The number of ether oxygens (including phenoxy) is 1. The summed E-state index contributed by atoms with van der Waals surface area (Å²) in [5, 5.41) is 3.43. The molecule has 90 valence electrons. The number of thiophene rings is 1. The van der Waals surface area contributed by atoms with Gasteiger partial charge in [0.25, 0.3) is 0 Å². The molecule has 1 saturated heterocycles. The lowest BCUT2D eigenvalue weighted by atomic mass is 9.97. The van der Waals surface area contributed by atoms with E-state index in [4.69, 9.17) is 16.3 Å². The first kappa shape index (κ1) is 11.5. The molecule has 2 heterocycles. The second-order valence-electron chi connectivity index (χ2n) is 4.69. The number of halogens is 1. The average molecular weight is 267 g/mol. The van der Waals surface area contributed by atoms with Crippen molar-refractivity contribution in [3.05, 3.63) is 35.2 Å². The van der Waals surface area contributed by atoms with Crippen molar-refractivity contribution in [1.29, 1.82) is 0 Å². The third-order valence-corrected chi connectivity index (χ3v) is 5.01. The Balaban J connectivity index is 1.98. The van der Waals surface area contributed by atoms with Crippen LogP contribution >= 0.6 is 22.9 Å². The van der Waals surface area contributed by atoms with Gasteiger partial charge in [-0.05, 0) is 34.7 Å². The summed E-state index contributed by atoms with van der Waals surface area (Å²) in [6, 6.07) is 8.43. The van der Waals surface area contributed by atoms with Gasteiger partial charge in [0, 0.05) is 11.3 Å². The average Bonchev–Trinajstić information content (AvgIpc) is 2.94. The summed E-state index contributed by atoms with van der Waals surface area (Å²) in [5.41, 5.74) is 1.23. The molecule has 3 heteroatoms. The van der Waals surface area contributed by atoms with Crippen LogP contribution in [0, 0.1) is 5.92 Å². The summed E-state index contributed by atoms with van der Waals surface area (Å²) in [6.07, 6.45) is 1.28. The molecule has 0 saturated carbocycles. The number of hydrogen-bond acceptors (Lipinski definition) is 2. The largest absolute Gasteiger partial charge is 0.376 e. The normalized spacial score (nSPS) is 26.5. The lowest BCUT2D eigenvalue weighted by Gasteiger charge is -2.20. The highest BCUT2D eigenvalue weighted by molar-refractivity contribution is 7.17. The van der Waals surface area contributed by atoms with E-state index in [1.807, 2.05) is 0 Å². The first-order valence-electron chi connectivity index (χ1n) is 5.99. The van der Waals surface area contributed by atoms with Crippen LogP contribution in [0.1, 0.15) is 24.3 Å². The molecule has 0 radical (unpaired) electrons. The summed E-state index contributed by atoms with van der Waals surface area (Å²) in [4.78, 5) is 0. The fourth-order valence-electron chi connectivity index (χ4n) is 2.48. The second-order valence-corrected chi connectivity index (χ2v) is 6.07. The number of fused-ring (bicyclic) bond motifs is 1. The van der Waals surface area contributed by atoms with E-state index in [-0.39, 0.29) is 11.5 Å². The van der Waals surface area contributed by atoms with Gasteiger partial charge in [0.05, 0.1) is 11.5 Å². The number of hydrogen-bond donors (Lipinski definition) is 0. The molecule has 2 aromatic rings. The van der Waals surface area contributed by atoms with E-state index in [2.05, 4.69) is 36.6 Å². The van der Waals surface area contributed by atoms with E-state index in [0.29, 0.717) is 5.92 Å². The summed E-state index contributed by atoms with van der Waals surface area (Å²) >= 11 is 8.37. The van der Waals surface area contributed by atoms with Gasteiger partial charge in [0.1, 0.15) is 0 Å². The Labute approximate surface area is 110 Å². The van der Waals surface area contributed by atoms with Gasteiger partial charge in [0.15, 0.2) is 0 Å². The van der Waals surface area contributed by atoms with Crippen LogP contribution in [-0.2, 0) is 4.74 Å². The van der Waals surface area contributed by atoms with Crippen molar-refractivity contribution in [1.82, 2.24) is 0 Å². The Bertz CT molecular complexity index is 522. The quantitative estimate of drug-likeness (QED) is 0.722. The molecule has 1 aromatic heterocycles. The van der Waals surface area contributed by atoms with E-state index in [1.165, 1.54) is 15.6 Å². The predicted molar refractivity (Wildman–Crippen MR) is 73.9 cm³/mol.